The predicted molar refractivity (Wildman–Crippen MR) is 75.7 cm³/mol. The van der Waals surface area contributed by atoms with Crippen molar-refractivity contribution in [3.63, 3.8) is 0 Å². The van der Waals surface area contributed by atoms with Crippen LogP contribution in [0.2, 0.25) is 0 Å². The third kappa shape index (κ3) is 3.51. The zero-order valence-corrected chi connectivity index (χ0v) is 12.6. The number of aliphatic hydroxyl groups is 1. The van der Waals surface area contributed by atoms with Crippen LogP contribution in [0.25, 0.3) is 0 Å². The number of pyridine rings is 1. The minimum absolute atomic E-state index is 0.216. The first-order valence-corrected chi connectivity index (χ1v) is 6.97. The monoisotopic (exact) mass is 344 g/mol. The predicted octanol–water partition coefficient (Wildman–Crippen LogP) is 1.79. The first kappa shape index (κ1) is 17.8. The van der Waals surface area contributed by atoms with Crippen LogP contribution in [0.4, 0.5) is 13.2 Å². The Labute approximate surface area is 135 Å². The maximum Gasteiger partial charge on any atom is 0.424 e. The number of halogens is 3. The number of nitrogens with one attached hydrogen (secondary N) is 1. The van der Waals surface area contributed by atoms with Gasteiger partial charge in [-0.15, -0.1) is 0 Å². The summed E-state index contributed by atoms with van der Waals surface area (Å²) in [4.78, 5) is 11.8. The van der Waals surface area contributed by atoms with Gasteiger partial charge in [0.05, 0.1) is 0 Å². The number of hydrogen-bond donors (Lipinski definition) is 2. The van der Waals surface area contributed by atoms with E-state index in [1.165, 1.54) is 31.2 Å². The minimum atomic E-state index is -4.99. The summed E-state index contributed by atoms with van der Waals surface area (Å²) < 4.78 is 44.9. The third-order valence-corrected chi connectivity index (χ3v) is 3.45. The lowest BCUT2D eigenvalue weighted by Gasteiger charge is -2.28. The van der Waals surface area contributed by atoms with Gasteiger partial charge in [0.25, 0.3) is 5.69 Å². The number of carbonyl (C=O) groups excluding carboxylic acids is 1. The fraction of sp³-hybridized carbons (Fsp3) is 0.333. The highest BCUT2D eigenvalue weighted by Crippen LogP contribution is 2.41. The molecular weight excluding hydrogens is 329 g/mol. The van der Waals surface area contributed by atoms with Gasteiger partial charge in [-0.25, -0.2) is 0 Å². The van der Waals surface area contributed by atoms with Gasteiger partial charge in [-0.05, 0) is 25.1 Å². The number of nitrogens with zero attached hydrogens (tertiary/aromatic N) is 1. The van der Waals surface area contributed by atoms with Crippen LogP contribution < -0.4 is 10.0 Å². The van der Waals surface area contributed by atoms with E-state index in [0.717, 1.165) is 12.3 Å². The normalized spacial score (nSPS) is 14.2. The van der Waals surface area contributed by atoms with Crippen molar-refractivity contribution in [2.24, 2.45) is 0 Å². The van der Waals surface area contributed by atoms with Gasteiger partial charge >= 0.3 is 12.1 Å². The second-order valence-corrected chi connectivity index (χ2v) is 5.19. The Morgan fingerprint density at radius 1 is 1.33 bits per heavy atom. The Balaban J connectivity index is 2.10. The lowest BCUT2D eigenvalue weighted by molar-refractivity contribution is -0.607. The number of furan rings is 1. The molecule has 0 bridgehead atoms. The smallest absolute Gasteiger partial charge is 0.424 e. The molecule has 130 valence electrons. The lowest BCUT2D eigenvalue weighted by Crippen LogP contribution is -2.45. The SMILES string of the molecule is Cc1ccc([C@](O)(CCNC(=O)c2cccc[n+]2[O-])C(F)(F)F)o1. The van der Waals surface area contributed by atoms with E-state index >= 15 is 0 Å². The van der Waals surface area contributed by atoms with Crippen LogP contribution in [0, 0.1) is 12.1 Å². The van der Waals surface area contributed by atoms with Gasteiger partial charge in [0.1, 0.15) is 11.5 Å². The van der Waals surface area contributed by atoms with Gasteiger partial charge in [-0.1, -0.05) is 0 Å². The summed E-state index contributed by atoms with van der Waals surface area (Å²) in [6.45, 7) is 0.938. The van der Waals surface area contributed by atoms with E-state index < -0.39 is 36.4 Å². The van der Waals surface area contributed by atoms with E-state index in [4.69, 9.17) is 4.42 Å². The first-order valence-electron chi connectivity index (χ1n) is 6.97. The summed E-state index contributed by atoms with van der Waals surface area (Å²) >= 11 is 0. The van der Waals surface area contributed by atoms with Gasteiger partial charge < -0.3 is 20.0 Å². The van der Waals surface area contributed by atoms with Crippen molar-refractivity contribution in [2.45, 2.75) is 25.1 Å². The number of aryl methyl sites for hydroxylation is 1. The van der Waals surface area contributed by atoms with Crippen LogP contribution in [-0.2, 0) is 5.60 Å². The summed E-state index contributed by atoms with van der Waals surface area (Å²) in [7, 11) is 0. The highest BCUT2D eigenvalue weighted by atomic mass is 19.4. The van der Waals surface area contributed by atoms with Gasteiger partial charge in [-0.3, -0.25) is 4.79 Å². The zero-order chi connectivity index (χ0) is 18.0. The van der Waals surface area contributed by atoms with Gasteiger partial charge in [-0.2, -0.15) is 17.9 Å². The number of rotatable bonds is 5. The Kier molecular flexibility index (Phi) is 4.83. The van der Waals surface area contributed by atoms with Crippen LogP contribution in [-0.4, -0.2) is 23.7 Å². The van der Waals surface area contributed by atoms with Gasteiger partial charge in [0, 0.05) is 25.1 Å². The Morgan fingerprint density at radius 3 is 2.58 bits per heavy atom. The van der Waals surface area contributed by atoms with E-state index in [1.54, 1.807) is 0 Å². The van der Waals surface area contributed by atoms with E-state index in [2.05, 4.69) is 5.32 Å². The maximum atomic E-state index is 13.2. The summed E-state index contributed by atoms with van der Waals surface area (Å²) in [5.41, 5.74) is -3.50. The summed E-state index contributed by atoms with van der Waals surface area (Å²) in [6.07, 6.45) is -4.76. The Hall–Kier alpha value is -2.55. The molecule has 0 aliphatic rings. The molecule has 24 heavy (non-hydrogen) atoms. The number of amides is 1. The highest BCUT2D eigenvalue weighted by Gasteiger charge is 2.56. The summed E-state index contributed by atoms with van der Waals surface area (Å²) in [6, 6.07) is 6.42. The van der Waals surface area contributed by atoms with Crippen LogP contribution in [0.15, 0.2) is 40.9 Å². The molecule has 2 N–H and O–H groups in total. The standard InChI is InChI=1S/C15H15F3N2O4/c1-10-5-6-12(24-10)14(22,15(16,17)18)7-8-19-13(21)11-4-2-3-9-20(11)23/h2-6,9,22H,7-8H2,1H3,(H,19,21)/t14-/m1/s1. The van der Waals surface area contributed by atoms with E-state index in [0.29, 0.717) is 4.73 Å². The molecule has 0 aliphatic carbocycles. The van der Waals surface area contributed by atoms with Gasteiger partial charge in [0.2, 0.25) is 5.60 Å². The molecule has 0 radical (unpaired) electrons. The molecule has 1 amide bonds. The van der Waals surface area contributed by atoms with Crippen molar-refractivity contribution in [2.75, 3.05) is 6.54 Å². The molecule has 0 saturated carbocycles. The molecule has 0 aromatic carbocycles. The number of carbonyl (C=O) groups is 1. The average molecular weight is 344 g/mol. The lowest BCUT2D eigenvalue weighted by atomic mass is 9.95. The molecule has 2 heterocycles. The number of aromatic nitrogens is 1. The molecule has 6 nitrogen and oxygen atoms in total. The molecule has 0 unspecified atom stereocenters. The molecule has 0 fully saturated rings. The van der Waals surface area contributed by atoms with Crippen LogP contribution in [0.1, 0.15) is 28.4 Å². The number of hydrogen-bond acceptors (Lipinski definition) is 4. The molecule has 2 rings (SSSR count). The van der Waals surface area contributed by atoms with Crippen molar-refractivity contribution in [1.82, 2.24) is 5.32 Å². The van der Waals surface area contributed by atoms with E-state index in [9.17, 15) is 28.3 Å². The van der Waals surface area contributed by atoms with Crippen molar-refractivity contribution < 1.29 is 32.2 Å². The van der Waals surface area contributed by atoms with Crippen LogP contribution in [0.3, 0.4) is 0 Å². The highest BCUT2D eigenvalue weighted by molar-refractivity contribution is 5.90. The fourth-order valence-corrected chi connectivity index (χ4v) is 2.11. The zero-order valence-electron chi connectivity index (χ0n) is 12.6. The molecular formula is C15H15F3N2O4. The van der Waals surface area contributed by atoms with Crippen LogP contribution in [0.5, 0.6) is 0 Å². The Bertz CT molecular complexity index is 730. The second-order valence-electron chi connectivity index (χ2n) is 5.19. The summed E-state index contributed by atoms with van der Waals surface area (Å²) in [5, 5.41) is 23.6. The first-order chi connectivity index (χ1) is 11.1. The van der Waals surface area contributed by atoms with Crippen LogP contribution >= 0.6 is 0 Å². The third-order valence-electron chi connectivity index (χ3n) is 3.45. The molecule has 2 aromatic rings. The maximum absolute atomic E-state index is 13.2. The van der Waals surface area contributed by atoms with Crippen molar-refractivity contribution >= 4 is 5.91 Å². The molecule has 1 atom stereocenters. The largest absolute Gasteiger partial charge is 0.618 e. The molecule has 0 saturated heterocycles. The fourth-order valence-electron chi connectivity index (χ4n) is 2.11. The molecule has 0 aliphatic heterocycles. The average Bonchev–Trinajstić information content (AvgIpc) is 2.93. The number of alkyl halides is 3. The molecule has 0 spiro atoms. The summed E-state index contributed by atoms with van der Waals surface area (Å²) in [5.74, 6) is -1.28. The van der Waals surface area contributed by atoms with Crippen molar-refractivity contribution in [3.8, 4) is 0 Å². The minimum Gasteiger partial charge on any atom is -0.618 e. The Morgan fingerprint density at radius 2 is 2.04 bits per heavy atom. The van der Waals surface area contributed by atoms with E-state index in [-0.39, 0.29) is 11.5 Å². The van der Waals surface area contributed by atoms with E-state index in [1.807, 2.05) is 0 Å². The van der Waals surface area contributed by atoms with Gasteiger partial charge in [0.15, 0.2) is 6.20 Å². The quantitative estimate of drug-likeness (QED) is 0.639. The topological polar surface area (TPSA) is 89.4 Å². The second kappa shape index (κ2) is 6.52. The molecule has 9 heteroatoms. The molecule has 2 aromatic heterocycles. The van der Waals surface area contributed by atoms with Crippen molar-refractivity contribution in [3.05, 3.63) is 59.0 Å². The van der Waals surface area contributed by atoms with Crippen molar-refractivity contribution in [1.29, 1.82) is 0 Å².